The van der Waals surface area contributed by atoms with Crippen LogP contribution in [0.4, 0.5) is 0 Å². The first-order valence-corrected chi connectivity index (χ1v) is 30.7. The van der Waals surface area contributed by atoms with E-state index in [2.05, 4.69) is 118 Å². The molecule has 0 saturated carbocycles. The van der Waals surface area contributed by atoms with E-state index in [0.717, 1.165) is 135 Å². The van der Waals surface area contributed by atoms with Crippen molar-refractivity contribution < 1.29 is 28.6 Å². The lowest BCUT2D eigenvalue weighted by atomic mass is 10.0. The standard InChI is InChI=1S/C67H114O6/c1-4-7-10-13-16-19-22-25-27-28-29-30-31-32-33-34-35-36-37-38-40-42-45-48-51-54-57-60-66(69)72-63-64(62-71-65(68)59-56-53-50-47-44-41-24-21-18-15-12-9-6-3)73-67(70)61-58-55-52-49-46-43-39-26-23-20-17-14-11-8-5-2/h7,10,16,19,25-27,29-30,32-33,35-36,38-40,64H,4-6,8-9,11-15,17-18,20-24,28,31,34,37,41-63H2,1-3H3/b10-7-,19-16-,27-25-,30-29-,33-32-,36-35-,39-26-,40-38-. The molecule has 0 aliphatic heterocycles. The summed E-state index contributed by atoms with van der Waals surface area (Å²) in [6.45, 7) is 6.51. The molecule has 0 aromatic rings. The van der Waals surface area contributed by atoms with Crippen LogP contribution in [0.25, 0.3) is 0 Å². The van der Waals surface area contributed by atoms with Gasteiger partial charge in [-0.15, -0.1) is 0 Å². The van der Waals surface area contributed by atoms with Crippen molar-refractivity contribution in [1.29, 1.82) is 0 Å². The molecule has 0 fully saturated rings. The van der Waals surface area contributed by atoms with Crippen molar-refractivity contribution in [1.82, 2.24) is 0 Å². The van der Waals surface area contributed by atoms with Gasteiger partial charge in [0.1, 0.15) is 13.2 Å². The molecular weight excluding hydrogens is 901 g/mol. The number of unbranched alkanes of at least 4 members (excludes halogenated alkanes) is 28. The molecule has 0 heterocycles. The van der Waals surface area contributed by atoms with Gasteiger partial charge in [-0.05, 0) is 103 Å². The summed E-state index contributed by atoms with van der Waals surface area (Å²) in [5.74, 6) is -0.906. The first-order chi connectivity index (χ1) is 36.0. The van der Waals surface area contributed by atoms with E-state index >= 15 is 0 Å². The topological polar surface area (TPSA) is 78.9 Å². The Kier molecular flexibility index (Phi) is 57.8. The van der Waals surface area contributed by atoms with Crippen LogP contribution in [0.5, 0.6) is 0 Å². The minimum absolute atomic E-state index is 0.0848. The van der Waals surface area contributed by atoms with Gasteiger partial charge in [-0.2, -0.15) is 0 Å². The molecule has 0 rings (SSSR count). The minimum Gasteiger partial charge on any atom is -0.462 e. The van der Waals surface area contributed by atoms with Gasteiger partial charge in [-0.25, -0.2) is 0 Å². The first-order valence-electron chi connectivity index (χ1n) is 30.7. The van der Waals surface area contributed by atoms with Crippen molar-refractivity contribution in [2.24, 2.45) is 0 Å². The lowest BCUT2D eigenvalue weighted by Gasteiger charge is -2.18. The van der Waals surface area contributed by atoms with Gasteiger partial charge in [0.2, 0.25) is 0 Å². The third-order valence-corrected chi connectivity index (χ3v) is 13.1. The molecule has 0 spiro atoms. The van der Waals surface area contributed by atoms with Gasteiger partial charge in [0.25, 0.3) is 0 Å². The van der Waals surface area contributed by atoms with Crippen LogP contribution in [0.1, 0.15) is 290 Å². The molecule has 1 unspecified atom stereocenters. The fraction of sp³-hybridized carbons (Fsp3) is 0.716. The number of allylic oxidation sites excluding steroid dienone is 16. The summed E-state index contributed by atoms with van der Waals surface area (Å²) >= 11 is 0. The van der Waals surface area contributed by atoms with Crippen LogP contribution in [0.15, 0.2) is 97.2 Å². The van der Waals surface area contributed by atoms with Crippen molar-refractivity contribution in [3.63, 3.8) is 0 Å². The molecule has 418 valence electrons. The highest BCUT2D eigenvalue weighted by Crippen LogP contribution is 2.15. The summed E-state index contributed by atoms with van der Waals surface area (Å²) in [6, 6.07) is 0. The molecule has 0 amide bonds. The van der Waals surface area contributed by atoms with Crippen LogP contribution in [0, 0.1) is 0 Å². The second kappa shape index (κ2) is 60.9. The second-order valence-corrected chi connectivity index (χ2v) is 20.2. The fourth-order valence-electron chi connectivity index (χ4n) is 8.48. The molecule has 0 radical (unpaired) electrons. The van der Waals surface area contributed by atoms with Gasteiger partial charge >= 0.3 is 17.9 Å². The Balaban J connectivity index is 4.36. The molecule has 0 aromatic carbocycles. The number of rotatable bonds is 55. The molecule has 0 aliphatic carbocycles. The highest BCUT2D eigenvalue weighted by atomic mass is 16.6. The largest absolute Gasteiger partial charge is 0.462 e. The van der Waals surface area contributed by atoms with E-state index in [4.69, 9.17) is 14.2 Å². The molecular formula is C67H114O6. The maximum Gasteiger partial charge on any atom is 0.306 e. The number of carbonyl (C=O) groups excluding carboxylic acids is 3. The highest BCUT2D eigenvalue weighted by Gasteiger charge is 2.19. The molecule has 0 N–H and O–H groups in total. The van der Waals surface area contributed by atoms with E-state index in [-0.39, 0.29) is 31.1 Å². The van der Waals surface area contributed by atoms with Crippen LogP contribution >= 0.6 is 0 Å². The molecule has 6 heteroatoms. The van der Waals surface area contributed by atoms with E-state index in [1.54, 1.807) is 0 Å². The van der Waals surface area contributed by atoms with Gasteiger partial charge in [0.15, 0.2) is 6.10 Å². The zero-order valence-electron chi connectivity index (χ0n) is 47.9. The van der Waals surface area contributed by atoms with E-state index in [9.17, 15) is 14.4 Å². The average molecular weight is 1020 g/mol. The zero-order valence-corrected chi connectivity index (χ0v) is 47.9. The Labute approximate surface area is 451 Å². The molecule has 73 heavy (non-hydrogen) atoms. The van der Waals surface area contributed by atoms with E-state index in [1.807, 2.05) is 0 Å². The highest BCUT2D eigenvalue weighted by molar-refractivity contribution is 5.71. The number of carbonyl (C=O) groups is 3. The van der Waals surface area contributed by atoms with Crippen molar-refractivity contribution in [3.8, 4) is 0 Å². The van der Waals surface area contributed by atoms with Crippen LogP contribution in [0.3, 0.4) is 0 Å². The van der Waals surface area contributed by atoms with Gasteiger partial charge in [0, 0.05) is 19.3 Å². The van der Waals surface area contributed by atoms with E-state index in [0.29, 0.717) is 19.3 Å². The van der Waals surface area contributed by atoms with Crippen LogP contribution in [-0.2, 0) is 28.6 Å². The van der Waals surface area contributed by atoms with E-state index in [1.165, 1.54) is 116 Å². The Morgan fingerprint density at radius 1 is 0.288 bits per heavy atom. The van der Waals surface area contributed by atoms with Crippen molar-refractivity contribution in [2.45, 2.75) is 297 Å². The Hall–Kier alpha value is -3.67. The molecule has 6 nitrogen and oxygen atoms in total. The maximum absolute atomic E-state index is 12.9. The lowest BCUT2D eigenvalue weighted by Crippen LogP contribution is -2.30. The fourth-order valence-corrected chi connectivity index (χ4v) is 8.48. The third kappa shape index (κ3) is 59.1. The van der Waals surface area contributed by atoms with Gasteiger partial charge in [0.05, 0.1) is 0 Å². The SMILES string of the molecule is CC/C=C\C/C=C\C/C=C\C/C=C\C/C=C\C/C=C\C/C=C\CCCCCCCC(=O)OCC(COC(=O)CCCCCCCCCCCCCCC)OC(=O)CCCCCCC/C=C\CCCCCCCC. The summed E-state index contributed by atoms with van der Waals surface area (Å²) < 4.78 is 16.9. The van der Waals surface area contributed by atoms with Crippen LogP contribution in [0.2, 0.25) is 0 Å². The summed E-state index contributed by atoms with van der Waals surface area (Å²) in [6.07, 6.45) is 81.1. The number of esters is 3. The average Bonchev–Trinajstić information content (AvgIpc) is 3.39. The third-order valence-electron chi connectivity index (χ3n) is 13.1. The lowest BCUT2D eigenvalue weighted by molar-refractivity contribution is -0.167. The molecule has 0 aromatic heterocycles. The monoisotopic (exact) mass is 1010 g/mol. The van der Waals surface area contributed by atoms with Crippen LogP contribution in [-0.4, -0.2) is 37.2 Å². The summed E-state index contributed by atoms with van der Waals surface area (Å²) in [7, 11) is 0. The summed E-state index contributed by atoms with van der Waals surface area (Å²) in [4.78, 5) is 38.2. The summed E-state index contributed by atoms with van der Waals surface area (Å²) in [5.41, 5.74) is 0. The molecule has 0 saturated heterocycles. The van der Waals surface area contributed by atoms with Gasteiger partial charge in [-0.3, -0.25) is 14.4 Å². The molecule has 0 aliphatic rings. The Morgan fingerprint density at radius 3 is 0.849 bits per heavy atom. The zero-order chi connectivity index (χ0) is 52.9. The van der Waals surface area contributed by atoms with Crippen LogP contribution < -0.4 is 0 Å². The molecule has 1 atom stereocenters. The number of hydrogen-bond acceptors (Lipinski definition) is 6. The predicted molar refractivity (Wildman–Crippen MR) is 316 cm³/mol. The summed E-state index contributed by atoms with van der Waals surface area (Å²) in [5, 5.41) is 0. The minimum atomic E-state index is -0.789. The maximum atomic E-state index is 12.9. The smallest absolute Gasteiger partial charge is 0.306 e. The van der Waals surface area contributed by atoms with Gasteiger partial charge < -0.3 is 14.2 Å². The Bertz CT molecular complexity index is 1440. The number of hydrogen-bond donors (Lipinski definition) is 0. The Morgan fingerprint density at radius 2 is 0.534 bits per heavy atom. The predicted octanol–water partition coefficient (Wildman–Crippen LogP) is 20.9. The second-order valence-electron chi connectivity index (χ2n) is 20.2. The molecule has 0 bridgehead atoms. The normalized spacial score (nSPS) is 12.8. The van der Waals surface area contributed by atoms with Crippen molar-refractivity contribution in [3.05, 3.63) is 97.2 Å². The van der Waals surface area contributed by atoms with Gasteiger partial charge in [-0.1, -0.05) is 266 Å². The van der Waals surface area contributed by atoms with Crippen molar-refractivity contribution in [2.75, 3.05) is 13.2 Å². The quantitative estimate of drug-likeness (QED) is 0.0261. The number of ether oxygens (including phenoxy) is 3. The first kappa shape index (κ1) is 69.3. The van der Waals surface area contributed by atoms with Crippen molar-refractivity contribution >= 4 is 17.9 Å². The van der Waals surface area contributed by atoms with E-state index < -0.39 is 6.10 Å².